The highest BCUT2D eigenvalue weighted by molar-refractivity contribution is 5.42. The van der Waals surface area contributed by atoms with Gasteiger partial charge >= 0.3 is 0 Å². The van der Waals surface area contributed by atoms with E-state index in [9.17, 15) is 0 Å². The third kappa shape index (κ3) is 3.46. The van der Waals surface area contributed by atoms with Crippen LogP contribution in [0.25, 0.3) is 0 Å². The van der Waals surface area contributed by atoms with Crippen LogP contribution in [0, 0.1) is 5.92 Å². The van der Waals surface area contributed by atoms with E-state index in [1.807, 2.05) is 10.9 Å². The van der Waals surface area contributed by atoms with E-state index >= 15 is 0 Å². The van der Waals surface area contributed by atoms with Crippen LogP contribution in [0.1, 0.15) is 50.6 Å². The lowest BCUT2D eigenvalue weighted by Crippen LogP contribution is -2.23. The van der Waals surface area contributed by atoms with Gasteiger partial charge in [-0.05, 0) is 31.2 Å². The second-order valence-electron chi connectivity index (χ2n) is 6.02. The van der Waals surface area contributed by atoms with Gasteiger partial charge in [-0.1, -0.05) is 49.6 Å². The number of anilines is 1. The van der Waals surface area contributed by atoms with Crippen molar-refractivity contribution in [2.24, 2.45) is 5.92 Å². The molecule has 3 rings (SSSR count). The van der Waals surface area contributed by atoms with Crippen molar-refractivity contribution in [1.29, 1.82) is 0 Å². The summed E-state index contributed by atoms with van der Waals surface area (Å²) in [5.41, 5.74) is 2.53. The number of hydrogen-bond acceptors (Lipinski definition) is 2. The smallest absolute Gasteiger partial charge is 0.0731 e. The molecule has 0 bridgehead atoms. The molecule has 3 heteroatoms. The van der Waals surface area contributed by atoms with Gasteiger partial charge in [-0.25, -0.2) is 0 Å². The van der Waals surface area contributed by atoms with Gasteiger partial charge in [0.1, 0.15) is 0 Å². The van der Waals surface area contributed by atoms with E-state index in [0.717, 1.165) is 18.2 Å². The fourth-order valence-electron chi connectivity index (χ4n) is 3.39. The van der Waals surface area contributed by atoms with E-state index in [0.29, 0.717) is 6.04 Å². The molecule has 112 valence electrons. The Bertz CT molecular complexity index is 541. The molecule has 3 nitrogen and oxygen atoms in total. The minimum Gasteiger partial charge on any atom is -0.375 e. The van der Waals surface area contributed by atoms with Crippen LogP contribution >= 0.6 is 0 Å². The van der Waals surface area contributed by atoms with Crippen LogP contribution in [0.4, 0.5) is 5.69 Å². The first-order valence-electron chi connectivity index (χ1n) is 8.20. The quantitative estimate of drug-likeness (QED) is 0.866. The first kappa shape index (κ1) is 14.2. The predicted octanol–water partition coefficient (Wildman–Crippen LogP) is 4.64. The number of aromatic nitrogens is 2. The average molecular weight is 283 g/mol. The van der Waals surface area contributed by atoms with Crippen molar-refractivity contribution in [2.75, 3.05) is 5.32 Å². The molecule has 1 aliphatic rings. The molecule has 1 saturated carbocycles. The zero-order valence-corrected chi connectivity index (χ0v) is 12.8. The van der Waals surface area contributed by atoms with Gasteiger partial charge in [0.05, 0.1) is 17.9 Å². The summed E-state index contributed by atoms with van der Waals surface area (Å²) in [6, 6.07) is 11.3. The molecule has 1 unspecified atom stereocenters. The monoisotopic (exact) mass is 283 g/mol. The average Bonchev–Trinajstić information content (AvgIpc) is 3.02. The summed E-state index contributed by atoms with van der Waals surface area (Å²) in [5, 5.41) is 8.12. The third-order valence-corrected chi connectivity index (χ3v) is 4.56. The minimum absolute atomic E-state index is 0.404. The summed E-state index contributed by atoms with van der Waals surface area (Å²) in [5.74, 6) is 0.728. The van der Waals surface area contributed by atoms with Crippen molar-refractivity contribution in [2.45, 2.75) is 51.6 Å². The zero-order chi connectivity index (χ0) is 14.5. The number of nitrogens with one attached hydrogen (secondary N) is 1. The Balaban J connectivity index is 1.81. The summed E-state index contributed by atoms with van der Waals surface area (Å²) in [4.78, 5) is 0. The summed E-state index contributed by atoms with van der Waals surface area (Å²) in [6.45, 7) is 3.04. The van der Waals surface area contributed by atoms with E-state index in [1.165, 1.54) is 37.7 Å². The molecule has 0 radical (unpaired) electrons. The maximum Gasteiger partial charge on any atom is 0.0731 e. The number of hydrogen-bond donors (Lipinski definition) is 1. The fourth-order valence-corrected chi connectivity index (χ4v) is 3.39. The van der Waals surface area contributed by atoms with Crippen LogP contribution in [0.2, 0.25) is 0 Å². The summed E-state index contributed by atoms with van der Waals surface area (Å²) in [6.07, 6.45) is 10.8. The van der Waals surface area contributed by atoms with Crippen LogP contribution in [-0.2, 0) is 6.54 Å². The molecule has 0 saturated heterocycles. The van der Waals surface area contributed by atoms with Gasteiger partial charge in [-0.15, -0.1) is 0 Å². The lowest BCUT2D eigenvalue weighted by Gasteiger charge is -2.31. The Morgan fingerprint density at radius 3 is 2.62 bits per heavy atom. The summed E-state index contributed by atoms with van der Waals surface area (Å²) >= 11 is 0. The highest BCUT2D eigenvalue weighted by atomic mass is 15.3. The molecule has 1 aliphatic carbocycles. The molecule has 1 aromatic heterocycles. The molecule has 0 spiro atoms. The molecular weight excluding hydrogens is 258 g/mol. The zero-order valence-electron chi connectivity index (χ0n) is 12.8. The Kier molecular flexibility index (Phi) is 4.59. The Morgan fingerprint density at radius 2 is 1.95 bits per heavy atom. The Labute approximate surface area is 127 Å². The highest BCUT2D eigenvalue weighted by Gasteiger charge is 2.25. The van der Waals surface area contributed by atoms with E-state index in [1.54, 1.807) is 0 Å². The second kappa shape index (κ2) is 6.79. The normalized spacial score (nSPS) is 17.6. The second-order valence-corrected chi connectivity index (χ2v) is 6.02. The summed E-state index contributed by atoms with van der Waals surface area (Å²) < 4.78 is 1.98. The summed E-state index contributed by atoms with van der Waals surface area (Å²) in [7, 11) is 0. The number of benzene rings is 1. The fraction of sp³-hybridized carbons (Fsp3) is 0.500. The van der Waals surface area contributed by atoms with Gasteiger partial charge in [0, 0.05) is 12.7 Å². The van der Waals surface area contributed by atoms with Gasteiger partial charge in [-0.2, -0.15) is 5.10 Å². The van der Waals surface area contributed by atoms with E-state index in [-0.39, 0.29) is 0 Å². The van der Waals surface area contributed by atoms with Crippen molar-refractivity contribution < 1.29 is 0 Å². The van der Waals surface area contributed by atoms with E-state index in [2.05, 4.69) is 53.9 Å². The number of nitrogens with zero attached hydrogens (tertiary/aromatic N) is 2. The topological polar surface area (TPSA) is 29.9 Å². The van der Waals surface area contributed by atoms with Crippen molar-refractivity contribution in [3.8, 4) is 0 Å². The SMILES string of the molecule is CCn1cc(NC(c2ccccc2)C2CCCCC2)cn1. The molecule has 1 heterocycles. The standard InChI is InChI=1S/C18H25N3/c1-2-21-14-17(13-19-21)20-18(15-9-5-3-6-10-15)16-11-7-4-8-12-16/h3,5-6,9-10,13-14,16,18,20H,2,4,7-8,11-12H2,1H3. The van der Waals surface area contributed by atoms with Crippen molar-refractivity contribution >= 4 is 5.69 Å². The predicted molar refractivity (Wildman–Crippen MR) is 87.3 cm³/mol. The molecule has 0 aliphatic heterocycles. The first-order valence-corrected chi connectivity index (χ1v) is 8.20. The van der Waals surface area contributed by atoms with Crippen molar-refractivity contribution in [3.05, 3.63) is 48.3 Å². The van der Waals surface area contributed by atoms with Crippen LogP contribution in [0.15, 0.2) is 42.7 Å². The number of aryl methyl sites for hydroxylation is 1. The molecule has 1 fully saturated rings. The maximum atomic E-state index is 4.38. The largest absolute Gasteiger partial charge is 0.375 e. The van der Waals surface area contributed by atoms with E-state index < -0.39 is 0 Å². The number of rotatable bonds is 5. The maximum absolute atomic E-state index is 4.38. The highest BCUT2D eigenvalue weighted by Crippen LogP contribution is 2.36. The van der Waals surface area contributed by atoms with Gasteiger partial charge in [-0.3, -0.25) is 4.68 Å². The minimum atomic E-state index is 0.404. The first-order chi connectivity index (χ1) is 10.4. The van der Waals surface area contributed by atoms with Crippen molar-refractivity contribution in [1.82, 2.24) is 9.78 Å². The molecular formula is C18H25N3. The van der Waals surface area contributed by atoms with Crippen LogP contribution in [-0.4, -0.2) is 9.78 Å². The Hall–Kier alpha value is -1.77. The van der Waals surface area contributed by atoms with E-state index in [4.69, 9.17) is 0 Å². The molecule has 1 N–H and O–H groups in total. The van der Waals surface area contributed by atoms with Gasteiger partial charge in [0.25, 0.3) is 0 Å². The lowest BCUT2D eigenvalue weighted by molar-refractivity contribution is 0.321. The lowest BCUT2D eigenvalue weighted by atomic mass is 9.81. The third-order valence-electron chi connectivity index (χ3n) is 4.56. The molecule has 2 aromatic rings. The molecule has 1 aromatic carbocycles. The van der Waals surface area contributed by atoms with Gasteiger partial charge in [0.15, 0.2) is 0 Å². The van der Waals surface area contributed by atoms with Crippen LogP contribution in [0.5, 0.6) is 0 Å². The molecule has 1 atom stereocenters. The Morgan fingerprint density at radius 1 is 1.19 bits per heavy atom. The van der Waals surface area contributed by atoms with Gasteiger partial charge in [0.2, 0.25) is 0 Å². The van der Waals surface area contributed by atoms with Crippen LogP contribution < -0.4 is 5.32 Å². The van der Waals surface area contributed by atoms with Crippen LogP contribution in [0.3, 0.4) is 0 Å². The van der Waals surface area contributed by atoms with Crippen molar-refractivity contribution in [3.63, 3.8) is 0 Å². The molecule has 21 heavy (non-hydrogen) atoms. The van der Waals surface area contributed by atoms with Gasteiger partial charge < -0.3 is 5.32 Å². The molecule has 0 amide bonds.